The summed E-state index contributed by atoms with van der Waals surface area (Å²) in [5.41, 5.74) is 0.372. The number of nitrogens with one attached hydrogen (secondary N) is 1. The van der Waals surface area contributed by atoms with E-state index in [-0.39, 0.29) is 10.8 Å². The number of hydrogen-bond donors (Lipinski definition) is 1. The molecular formula is C15H19N3O3S2. The van der Waals surface area contributed by atoms with Crippen molar-refractivity contribution in [2.24, 2.45) is 0 Å². The van der Waals surface area contributed by atoms with Gasteiger partial charge in [-0.15, -0.1) is 10.2 Å². The second-order valence-electron chi connectivity index (χ2n) is 5.21. The monoisotopic (exact) mass is 353 g/mol. The zero-order valence-electron chi connectivity index (χ0n) is 13.2. The number of nitrogens with zero attached hydrogens (tertiary/aromatic N) is 2. The molecular weight excluding hydrogens is 334 g/mol. The molecule has 1 amide bonds. The summed E-state index contributed by atoms with van der Waals surface area (Å²) < 4.78 is 22.8. The van der Waals surface area contributed by atoms with Crippen molar-refractivity contribution in [1.29, 1.82) is 0 Å². The van der Waals surface area contributed by atoms with Crippen LogP contribution in [0.25, 0.3) is 0 Å². The predicted molar refractivity (Wildman–Crippen MR) is 90.7 cm³/mol. The lowest BCUT2D eigenvalue weighted by Gasteiger charge is -2.06. The van der Waals surface area contributed by atoms with E-state index in [9.17, 15) is 13.2 Å². The van der Waals surface area contributed by atoms with Crippen LogP contribution in [-0.4, -0.2) is 30.8 Å². The summed E-state index contributed by atoms with van der Waals surface area (Å²) in [4.78, 5) is 12.4. The Hall–Kier alpha value is -1.80. The summed E-state index contributed by atoms with van der Waals surface area (Å²) in [6, 6.07) is 5.79. The first-order valence-electron chi connectivity index (χ1n) is 7.30. The summed E-state index contributed by atoms with van der Waals surface area (Å²) in [6.07, 6.45) is 3.08. The van der Waals surface area contributed by atoms with Crippen LogP contribution in [0.4, 0.5) is 5.13 Å². The summed E-state index contributed by atoms with van der Waals surface area (Å²) in [5, 5.41) is 12.2. The highest BCUT2D eigenvalue weighted by atomic mass is 32.2. The zero-order valence-corrected chi connectivity index (χ0v) is 14.9. The molecule has 6 nitrogen and oxygen atoms in total. The standard InChI is InChI=1S/C15H19N3O3S2/c1-4-10(5-2)14-17-18-15(22-14)16-13(19)11-6-8-12(9-7-11)23(3,20)21/h6-10H,4-5H2,1-3H3,(H,16,18,19). The van der Waals surface area contributed by atoms with Crippen molar-refractivity contribution in [2.45, 2.75) is 37.5 Å². The van der Waals surface area contributed by atoms with Gasteiger partial charge in [0.15, 0.2) is 9.84 Å². The van der Waals surface area contributed by atoms with Gasteiger partial charge in [-0.1, -0.05) is 25.2 Å². The third-order valence-electron chi connectivity index (χ3n) is 3.54. The van der Waals surface area contributed by atoms with E-state index in [4.69, 9.17) is 0 Å². The molecule has 0 radical (unpaired) electrons. The highest BCUT2D eigenvalue weighted by Gasteiger charge is 2.15. The van der Waals surface area contributed by atoms with Gasteiger partial charge in [-0.2, -0.15) is 0 Å². The summed E-state index contributed by atoms with van der Waals surface area (Å²) in [6.45, 7) is 4.19. The molecule has 1 aromatic heterocycles. The third kappa shape index (κ3) is 4.35. The van der Waals surface area contributed by atoms with Gasteiger partial charge in [0.25, 0.3) is 5.91 Å². The smallest absolute Gasteiger partial charge is 0.257 e. The van der Waals surface area contributed by atoms with Crippen LogP contribution < -0.4 is 5.32 Å². The molecule has 1 aromatic carbocycles. The number of aromatic nitrogens is 2. The van der Waals surface area contributed by atoms with Gasteiger partial charge in [-0.25, -0.2) is 8.42 Å². The molecule has 0 aliphatic heterocycles. The molecule has 0 spiro atoms. The number of sulfone groups is 1. The highest BCUT2D eigenvalue weighted by Crippen LogP contribution is 2.28. The maximum Gasteiger partial charge on any atom is 0.257 e. The van der Waals surface area contributed by atoms with E-state index >= 15 is 0 Å². The van der Waals surface area contributed by atoms with Crippen molar-refractivity contribution in [3.8, 4) is 0 Å². The van der Waals surface area contributed by atoms with Crippen LogP contribution in [0.5, 0.6) is 0 Å². The summed E-state index contributed by atoms with van der Waals surface area (Å²) >= 11 is 1.37. The molecule has 0 saturated heterocycles. The van der Waals surface area contributed by atoms with Gasteiger partial charge in [0, 0.05) is 17.7 Å². The maximum atomic E-state index is 12.2. The van der Waals surface area contributed by atoms with E-state index in [1.165, 1.54) is 35.6 Å². The minimum atomic E-state index is -3.27. The second kappa shape index (κ2) is 7.18. The molecule has 0 aliphatic rings. The molecule has 2 rings (SSSR count). The Bertz CT molecular complexity index is 779. The van der Waals surface area contributed by atoms with E-state index in [1.54, 1.807) is 0 Å². The molecule has 2 aromatic rings. The summed E-state index contributed by atoms with van der Waals surface area (Å²) in [7, 11) is -3.27. The van der Waals surface area contributed by atoms with Gasteiger partial charge in [-0.3, -0.25) is 10.1 Å². The van der Waals surface area contributed by atoms with Crippen molar-refractivity contribution in [2.75, 3.05) is 11.6 Å². The van der Waals surface area contributed by atoms with Crippen molar-refractivity contribution in [3.63, 3.8) is 0 Å². The Labute approximate surface area is 139 Å². The van der Waals surface area contributed by atoms with E-state index in [0.29, 0.717) is 16.6 Å². The second-order valence-corrected chi connectivity index (χ2v) is 8.23. The van der Waals surface area contributed by atoms with Crippen molar-refractivity contribution >= 4 is 32.2 Å². The van der Waals surface area contributed by atoms with Crippen molar-refractivity contribution in [1.82, 2.24) is 10.2 Å². The Balaban J connectivity index is 2.10. The number of rotatable bonds is 6. The normalized spacial score (nSPS) is 11.7. The fourth-order valence-corrected chi connectivity index (χ4v) is 3.75. The largest absolute Gasteiger partial charge is 0.296 e. The van der Waals surface area contributed by atoms with Crippen LogP contribution >= 0.6 is 11.3 Å². The molecule has 0 aliphatic carbocycles. The van der Waals surface area contributed by atoms with Crippen molar-refractivity contribution < 1.29 is 13.2 Å². The Morgan fingerprint density at radius 1 is 1.17 bits per heavy atom. The lowest BCUT2D eigenvalue weighted by atomic mass is 10.1. The third-order valence-corrected chi connectivity index (χ3v) is 5.67. The first-order chi connectivity index (χ1) is 10.8. The van der Waals surface area contributed by atoms with Gasteiger partial charge in [0.05, 0.1) is 4.90 Å². The summed E-state index contributed by atoms with van der Waals surface area (Å²) in [5.74, 6) is 0.0181. The topological polar surface area (TPSA) is 89.0 Å². The van der Waals surface area contributed by atoms with Crippen LogP contribution in [0.3, 0.4) is 0 Å². The lowest BCUT2D eigenvalue weighted by Crippen LogP contribution is -2.11. The molecule has 1 heterocycles. The molecule has 1 N–H and O–H groups in total. The maximum absolute atomic E-state index is 12.2. The van der Waals surface area contributed by atoms with Gasteiger partial charge in [0.1, 0.15) is 5.01 Å². The number of anilines is 1. The molecule has 8 heteroatoms. The van der Waals surface area contributed by atoms with E-state index in [2.05, 4.69) is 29.4 Å². The van der Waals surface area contributed by atoms with Crippen molar-refractivity contribution in [3.05, 3.63) is 34.8 Å². The zero-order chi connectivity index (χ0) is 17.0. The first-order valence-corrected chi connectivity index (χ1v) is 10.0. The minimum absolute atomic E-state index is 0.181. The van der Waals surface area contributed by atoms with Crippen LogP contribution in [0.15, 0.2) is 29.2 Å². The average molecular weight is 353 g/mol. The van der Waals surface area contributed by atoms with E-state index < -0.39 is 9.84 Å². The Morgan fingerprint density at radius 3 is 2.30 bits per heavy atom. The molecule has 23 heavy (non-hydrogen) atoms. The van der Waals surface area contributed by atoms with E-state index in [0.717, 1.165) is 24.1 Å². The molecule has 0 fully saturated rings. The first kappa shape index (κ1) is 17.6. The van der Waals surface area contributed by atoms with Crippen LogP contribution in [0.2, 0.25) is 0 Å². The Kier molecular flexibility index (Phi) is 5.48. The number of hydrogen-bond acceptors (Lipinski definition) is 6. The fraction of sp³-hybridized carbons (Fsp3) is 0.400. The molecule has 0 atom stereocenters. The fourth-order valence-electron chi connectivity index (χ4n) is 2.11. The van der Waals surface area contributed by atoms with Crippen LogP contribution in [0.1, 0.15) is 48.0 Å². The Morgan fingerprint density at radius 2 is 1.78 bits per heavy atom. The average Bonchev–Trinajstić information content (AvgIpc) is 2.96. The highest BCUT2D eigenvalue weighted by molar-refractivity contribution is 7.90. The molecule has 0 unspecified atom stereocenters. The minimum Gasteiger partial charge on any atom is -0.296 e. The molecule has 0 saturated carbocycles. The van der Waals surface area contributed by atoms with E-state index in [1.807, 2.05) is 0 Å². The number of carbonyl (C=O) groups is 1. The predicted octanol–water partition coefficient (Wildman–Crippen LogP) is 3.10. The van der Waals surface area contributed by atoms with Gasteiger partial charge in [0.2, 0.25) is 5.13 Å². The quantitative estimate of drug-likeness (QED) is 0.862. The molecule has 124 valence electrons. The van der Waals surface area contributed by atoms with Gasteiger partial charge >= 0.3 is 0 Å². The van der Waals surface area contributed by atoms with Gasteiger partial charge < -0.3 is 0 Å². The lowest BCUT2D eigenvalue weighted by molar-refractivity contribution is 0.102. The molecule has 0 bridgehead atoms. The van der Waals surface area contributed by atoms with Crippen LogP contribution in [0, 0.1) is 0 Å². The number of amides is 1. The van der Waals surface area contributed by atoms with Gasteiger partial charge in [-0.05, 0) is 37.1 Å². The number of carbonyl (C=O) groups excluding carboxylic acids is 1. The SMILES string of the molecule is CCC(CC)c1nnc(NC(=O)c2ccc(S(C)(=O)=O)cc2)s1. The van der Waals surface area contributed by atoms with Crippen LogP contribution in [-0.2, 0) is 9.84 Å². The number of benzene rings is 1.